The van der Waals surface area contributed by atoms with Gasteiger partial charge in [-0.25, -0.2) is 4.98 Å². The van der Waals surface area contributed by atoms with Crippen LogP contribution in [0.1, 0.15) is 26.6 Å². The smallest absolute Gasteiger partial charge is 0.218 e. The van der Waals surface area contributed by atoms with Crippen LogP contribution in [0, 0.1) is 0 Å². The van der Waals surface area contributed by atoms with E-state index in [-0.39, 0.29) is 18.6 Å². The average Bonchev–Trinajstić information content (AvgIpc) is 2.12. The highest BCUT2D eigenvalue weighted by Crippen LogP contribution is 2.21. The van der Waals surface area contributed by atoms with Gasteiger partial charge in [0.05, 0.1) is 6.61 Å². The number of nitrogens with two attached hydrogens (primary N) is 1. The van der Waals surface area contributed by atoms with E-state index >= 15 is 0 Å². The fourth-order valence-electron chi connectivity index (χ4n) is 1.00. The second kappa shape index (κ2) is 4.44. The van der Waals surface area contributed by atoms with Crippen LogP contribution in [0.25, 0.3) is 0 Å². The van der Waals surface area contributed by atoms with Gasteiger partial charge in [0.2, 0.25) is 5.88 Å². The van der Waals surface area contributed by atoms with Gasteiger partial charge in [-0.05, 0) is 0 Å². The van der Waals surface area contributed by atoms with Crippen LogP contribution in [-0.2, 0) is 5.41 Å². The molecule has 1 rings (SSSR count). The Morgan fingerprint density at radius 1 is 1.40 bits per heavy atom. The molecule has 0 aromatic carbocycles. The van der Waals surface area contributed by atoms with E-state index in [1.165, 1.54) is 0 Å². The van der Waals surface area contributed by atoms with E-state index in [1.54, 1.807) is 6.07 Å². The summed E-state index contributed by atoms with van der Waals surface area (Å²) < 4.78 is 5.19. The Kier molecular flexibility index (Phi) is 3.47. The van der Waals surface area contributed by atoms with Gasteiger partial charge in [-0.2, -0.15) is 4.98 Å². The van der Waals surface area contributed by atoms with Gasteiger partial charge in [0.1, 0.15) is 18.2 Å². The van der Waals surface area contributed by atoms with Gasteiger partial charge in [-0.15, -0.1) is 0 Å². The van der Waals surface area contributed by atoms with Gasteiger partial charge in [0.25, 0.3) is 0 Å². The number of rotatable bonds is 3. The van der Waals surface area contributed by atoms with Crippen molar-refractivity contribution in [2.75, 3.05) is 18.9 Å². The van der Waals surface area contributed by atoms with E-state index in [4.69, 9.17) is 15.6 Å². The van der Waals surface area contributed by atoms with Gasteiger partial charge in [0.15, 0.2) is 0 Å². The molecule has 1 aromatic heterocycles. The maximum absolute atomic E-state index is 8.63. The van der Waals surface area contributed by atoms with Crippen molar-refractivity contribution < 1.29 is 9.84 Å². The lowest BCUT2D eigenvalue weighted by Crippen LogP contribution is -2.18. The number of ether oxygens (including phenoxy) is 1. The van der Waals surface area contributed by atoms with E-state index in [0.29, 0.717) is 17.5 Å². The zero-order valence-electron chi connectivity index (χ0n) is 9.32. The standard InChI is InChI=1S/C10H17N3O2/c1-10(2,3)9-12-7(11)6-8(13-9)15-5-4-14/h6,14H,4-5H2,1-3H3,(H2,11,12,13). The third kappa shape index (κ3) is 3.36. The summed E-state index contributed by atoms with van der Waals surface area (Å²) in [6.45, 7) is 6.15. The topological polar surface area (TPSA) is 81.3 Å². The zero-order valence-corrected chi connectivity index (χ0v) is 9.32. The maximum Gasteiger partial charge on any atom is 0.218 e. The molecule has 0 saturated carbocycles. The highest BCUT2D eigenvalue weighted by atomic mass is 16.5. The Bertz CT molecular complexity index is 334. The number of aliphatic hydroxyl groups excluding tert-OH is 1. The average molecular weight is 211 g/mol. The second-order valence-corrected chi connectivity index (χ2v) is 4.28. The molecule has 5 nitrogen and oxygen atoms in total. The minimum Gasteiger partial charge on any atom is -0.475 e. The van der Waals surface area contributed by atoms with E-state index in [2.05, 4.69) is 9.97 Å². The summed E-state index contributed by atoms with van der Waals surface area (Å²) in [5, 5.41) is 8.63. The first-order valence-corrected chi connectivity index (χ1v) is 4.82. The number of hydrogen-bond acceptors (Lipinski definition) is 5. The summed E-state index contributed by atoms with van der Waals surface area (Å²) >= 11 is 0. The second-order valence-electron chi connectivity index (χ2n) is 4.28. The van der Waals surface area contributed by atoms with Gasteiger partial charge in [0, 0.05) is 11.5 Å². The van der Waals surface area contributed by atoms with Crippen molar-refractivity contribution in [2.45, 2.75) is 26.2 Å². The van der Waals surface area contributed by atoms with Crippen molar-refractivity contribution >= 4 is 5.82 Å². The van der Waals surface area contributed by atoms with Crippen LogP contribution in [0.4, 0.5) is 5.82 Å². The number of aliphatic hydroxyl groups is 1. The molecule has 1 aromatic rings. The van der Waals surface area contributed by atoms with E-state index < -0.39 is 0 Å². The van der Waals surface area contributed by atoms with Crippen LogP contribution < -0.4 is 10.5 Å². The Morgan fingerprint density at radius 3 is 2.60 bits per heavy atom. The summed E-state index contributed by atoms with van der Waals surface area (Å²) in [6, 6.07) is 1.55. The molecule has 0 aliphatic heterocycles. The molecule has 0 unspecified atom stereocenters. The normalized spacial score (nSPS) is 11.5. The molecule has 0 saturated heterocycles. The van der Waals surface area contributed by atoms with Gasteiger partial charge in [-0.1, -0.05) is 20.8 Å². The van der Waals surface area contributed by atoms with Crippen LogP contribution in [-0.4, -0.2) is 28.3 Å². The quantitative estimate of drug-likeness (QED) is 0.770. The molecule has 1 heterocycles. The first kappa shape index (κ1) is 11.7. The molecule has 0 aliphatic carbocycles. The zero-order chi connectivity index (χ0) is 11.5. The third-order valence-electron chi connectivity index (χ3n) is 1.73. The molecular formula is C10H17N3O2. The molecule has 5 heteroatoms. The van der Waals surface area contributed by atoms with Crippen molar-refractivity contribution in [3.05, 3.63) is 11.9 Å². The molecule has 0 aliphatic rings. The number of nitrogen functional groups attached to an aromatic ring is 1. The van der Waals surface area contributed by atoms with Gasteiger partial charge in [-0.3, -0.25) is 0 Å². The third-order valence-corrected chi connectivity index (χ3v) is 1.73. The first-order chi connectivity index (χ1) is 6.93. The van der Waals surface area contributed by atoms with Crippen molar-refractivity contribution in [3.63, 3.8) is 0 Å². The summed E-state index contributed by atoms with van der Waals surface area (Å²) in [4.78, 5) is 8.36. The molecule has 0 amide bonds. The summed E-state index contributed by atoms with van der Waals surface area (Å²) in [5.74, 6) is 1.42. The van der Waals surface area contributed by atoms with Crippen molar-refractivity contribution in [2.24, 2.45) is 0 Å². The van der Waals surface area contributed by atoms with Crippen LogP contribution in [0.5, 0.6) is 5.88 Å². The van der Waals surface area contributed by atoms with E-state index in [0.717, 1.165) is 0 Å². The number of aromatic nitrogens is 2. The van der Waals surface area contributed by atoms with E-state index in [9.17, 15) is 0 Å². The summed E-state index contributed by atoms with van der Waals surface area (Å²) in [5.41, 5.74) is 5.46. The van der Waals surface area contributed by atoms with Crippen LogP contribution in [0.15, 0.2) is 6.07 Å². The molecule has 0 radical (unpaired) electrons. The Hall–Kier alpha value is -1.36. The Labute approximate surface area is 89.3 Å². The highest BCUT2D eigenvalue weighted by molar-refractivity contribution is 5.34. The minimum absolute atomic E-state index is 0.0469. The van der Waals surface area contributed by atoms with Crippen LogP contribution in [0.3, 0.4) is 0 Å². The van der Waals surface area contributed by atoms with Crippen molar-refractivity contribution in [3.8, 4) is 5.88 Å². The molecule has 84 valence electrons. The highest BCUT2D eigenvalue weighted by Gasteiger charge is 2.18. The lowest BCUT2D eigenvalue weighted by molar-refractivity contribution is 0.196. The number of nitrogens with zero attached hydrogens (tertiary/aromatic N) is 2. The van der Waals surface area contributed by atoms with Crippen molar-refractivity contribution in [1.82, 2.24) is 9.97 Å². The first-order valence-electron chi connectivity index (χ1n) is 4.82. The van der Waals surface area contributed by atoms with Gasteiger partial charge >= 0.3 is 0 Å². The van der Waals surface area contributed by atoms with Crippen LogP contribution in [0.2, 0.25) is 0 Å². The fourth-order valence-corrected chi connectivity index (χ4v) is 1.00. The molecule has 0 fully saturated rings. The summed E-state index contributed by atoms with van der Waals surface area (Å²) in [6.07, 6.45) is 0. The minimum atomic E-state index is -0.174. The largest absolute Gasteiger partial charge is 0.475 e. The predicted octanol–water partition coefficient (Wildman–Crippen LogP) is 0.727. The summed E-state index contributed by atoms with van der Waals surface area (Å²) in [7, 11) is 0. The van der Waals surface area contributed by atoms with Crippen molar-refractivity contribution in [1.29, 1.82) is 0 Å². The molecule has 3 N–H and O–H groups in total. The number of hydrogen-bond donors (Lipinski definition) is 2. The number of anilines is 1. The lowest BCUT2D eigenvalue weighted by atomic mass is 9.96. The van der Waals surface area contributed by atoms with Crippen LogP contribution >= 0.6 is 0 Å². The molecule has 15 heavy (non-hydrogen) atoms. The lowest BCUT2D eigenvalue weighted by Gasteiger charge is -2.17. The monoisotopic (exact) mass is 211 g/mol. The van der Waals surface area contributed by atoms with Gasteiger partial charge < -0.3 is 15.6 Å². The predicted molar refractivity (Wildman–Crippen MR) is 57.7 cm³/mol. The maximum atomic E-state index is 8.63. The Balaban J connectivity index is 2.95. The molecule has 0 bridgehead atoms. The molecular weight excluding hydrogens is 194 g/mol. The molecule has 0 spiro atoms. The SMILES string of the molecule is CC(C)(C)c1nc(N)cc(OCCO)n1. The van der Waals surface area contributed by atoms with E-state index in [1.807, 2.05) is 20.8 Å². The fraction of sp³-hybridized carbons (Fsp3) is 0.600. The Morgan fingerprint density at radius 2 is 2.07 bits per heavy atom. The molecule has 0 atom stereocenters.